The highest BCUT2D eigenvalue weighted by Gasteiger charge is 2.09. The van der Waals surface area contributed by atoms with Gasteiger partial charge >= 0.3 is 0 Å². The fourth-order valence-electron chi connectivity index (χ4n) is 3.06. The molecular formula is C21H25N3O2. The normalized spacial score (nSPS) is 13.7. The standard InChI is InChI=1S/C21H25N3O2/c1-26-19-9-5-8-18(15-19)24-21(25)17-11-13-23-20(14-17)22-12-10-16-6-3-2-4-7-16/h5-6,8-9,11,13-15H,2-4,7,10,12H2,1H3,(H,22,23)(H,24,25). The summed E-state index contributed by atoms with van der Waals surface area (Å²) in [5, 5.41) is 6.20. The monoisotopic (exact) mass is 351 g/mol. The first kappa shape index (κ1) is 18.0. The molecule has 3 rings (SSSR count). The summed E-state index contributed by atoms with van der Waals surface area (Å²) in [6.07, 6.45) is 10.1. The van der Waals surface area contributed by atoms with Gasteiger partial charge in [-0.2, -0.15) is 0 Å². The molecule has 0 saturated carbocycles. The molecular weight excluding hydrogens is 326 g/mol. The van der Waals surface area contributed by atoms with Crippen LogP contribution in [0.3, 0.4) is 0 Å². The van der Waals surface area contributed by atoms with Gasteiger partial charge in [0, 0.05) is 30.1 Å². The lowest BCUT2D eigenvalue weighted by molar-refractivity contribution is 0.102. The summed E-state index contributed by atoms with van der Waals surface area (Å²) >= 11 is 0. The number of methoxy groups -OCH3 is 1. The molecule has 0 saturated heterocycles. The molecule has 0 aliphatic heterocycles. The van der Waals surface area contributed by atoms with Gasteiger partial charge in [-0.1, -0.05) is 17.7 Å². The molecule has 1 amide bonds. The summed E-state index contributed by atoms with van der Waals surface area (Å²) in [7, 11) is 1.60. The fourth-order valence-corrected chi connectivity index (χ4v) is 3.06. The molecule has 5 heteroatoms. The van der Waals surface area contributed by atoms with Crippen LogP contribution in [0.15, 0.2) is 54.2 Å². The maximum Gasteiger partial charge on any atom is 0.255 e. The van der Waals surface area contributed by atoms with E-state index in [2.05, 4.69) is 21.7 Å². The van der Waals surface area contributed by atoms with E-state index in [-0.39, 0.29) is 5.91 Å². The summed E-state index contributed by atoms with van der Waals surface area (Å²) in [6.45, 7) is 0.833. The van der Waals surface area contributed by atoms with Crippen LogP contribution in [0.5, 0.6) is 5.75 Å². The Bertz CT molecular complexity index is 786. The summed E-state index contributed by atoms with van der Waals surface area (Å²) in [5.41, 5.74) is 2.79. The molecule has 26 heavy (non-hydrogen) atoms. The number of nitrogens with one attached hydrogen (secondary N) is 2. The minimum atomic E-state index is -0.168. The molecule has 1 aromatic carbocycles. The number of hydrogen-bond acceptors (Lipinski definition) is 4. The van der Waals surface area contributed by atoms with Crippen LogP contribution in [0.4, 0.5) is 11.5 Å². The van der Waals surface area contributed by atoms with Gasteiger partial charge in [0.2, 0.25) is 0 Å². The van der Waals surface area contributed by atoms with E-state index in [4.69, 9.17) is 4.74 Å². The number of nitrogens with zero attached hydrogens (tertiary/aromatic N) is 1. The second kappa shape index (κ2) is 9.04. The third-order valence-corrected chi connectivity index (χ3v) is 4.49. The molecule has 2 aromatic rings. The fraction of sp³-hybridized carbons (Fsp3) is 0.333. The number of amides is 1. The molecule has 1 heterocycles. The maximum absolute atomic E-state index is 12.5. The van der Waals surface area contributed by atoms with E-state index in [1.807, 2.05) is 18.2 Å². The summed E-state index contributed by atoms with van der Waals surface area (Å²) in [4.78, 5) is 16.8. The summed E-state index contributed by atoms with van der Waals surface area (Å²) in [5.74, 6) is 1.26. The Morgan fingerprint density at radius 3 is 2.96 bits per heavy atom. The number of aromatic nitrogens is 1. The summed E-state index contributed by atoms with van der Waals surface area (Å²) < 4.78 is 5.18. The van der Waals surface area contributed by atoms with Gasteiger partial charge in [0.1, 0.15) is 11.6 Å². The summed E-state index contributed by atoms with van der Waals surface area (Å²) in [6, 6.07) is 10.8. The molecule has 0 unspecified atom stereocenters. The van der Waals surface area contributed by atoms with Crippen LogP contribution < -0.4 is 15.4 Å². The van der Waals surface area contributed by atoms with Gasteiger partial charge in [0.25, 0.3) is 5.91 Å². The van der Waals surface area contributed by atoms with Crippen LogP contribution in [0.2, 0.25) is 0 Å². The molecule has 1 aromatic heterocycles. The second-order valence-corrected chi connectivity index (χ2v) is 6.40. The van der Waals surface area contributed by atoms with Gasteiger partial charge in [0.05, 0.1) is 7.11 Å². The molecule has 136 valence electrons. The predicted octanol–water partition coefficient (Wildman–Crippen LogP) is 4.64. The molecule has 0 bridgehead atoms. The van der Waals surface area contributed by atoms with Crippen LogP contribution in [-0.4, -0.2) is 24.5 Å². The third kappa shape index (κ3) is 5.09. The van der Waals surface area contributed by atoms with Gasteiger partial charge < -0.3 is 15.4 Å². The van der Waals surface area contributed by atoms with Crippen LogP contribution in [0.25, 0.3) is 0 Å². The quantitative estimate of drug-likeness (QED) is 0.713. The number of hydrogen-bond donors (Lipinski definition) is 2. The Morgan fingerprint density at radius 1 is 1.23 bits per heavy atom. The Balaban J connectivity index is 1.57. The zero-order valence-corrected chi connectivity index (χ0v) is 15.1. The van der Waals surface area contributed by atoms with Crippen LogP contribution in [0, 0.1) is 0 Å². The number of anilines is 2. The average Bonchev–Trinajstić information content (AvgIpc) is 2.69. The molecule has 0 spiro atoms. The van der Waals surface area contributed by atoms with E-state index < -0.39 is 0 Å². The largest absolute Gasteiger partial charge is 0.497 e. The zero-order chi connectivity index (χ0) is 18.2. The Hall–Kier alpha value is -2.82. The maximum atomic E-state index is 12.5. The smallest absolute Gasteiger partial charge is 0.255 e. The molecule has 2 N–H and O–H groups in total. The topological polar surface area (TPSA) is 63.2 Å². The molecule has 5 nitrogen and oxygen atoms in total. The van der Waals surface area contributed by atoms with Crippen molar-refractivity contribution in [1.29, 1.82) is 0 Å². The van der Waals surface area contributed by atoms with Gasteiger partial charge in [-0.25, -0.2) is 4.98 Å². The second-order valence-electron chi connectivity index (χ2n) is 6.40. The van der Waals surface area contributed by atoms with Crippen molar-refractivity contribution in [3.63, 3.8) is 0 Å². The Morgan fingerprint density at radius 2 is 2.15 bits per heavy atom. The van der Waals surface area contributed by atoms with Crippen LogP contribution in [-0.2, 0) is 0 Å². The average molecular weight is 351 g/mol. The predicted molar refractivity (Wildman–Crippen MR) is 105 cm³/mol. The highest BCUT2D eigenvalue weighted by molar-refractivity contribution is 6.04. The van der Waals surface area contributed by atoms with E-state index >= 15 is 0 Å². The first-order valence-electron chi connectivity index (χ1n) is 9.08. The van der Waals surface area contributed by atoms with Crippen LogP contribution >= 0.6 is 0 Å². The van der Waals surface area contributed by atoms with E-state index in [1.54, 1.807) is 31.5 Å². The highest BCUT2D eigenvalue weighted by atomic mass is 16.5. The van der Waals surface area contributed by atoms with Crippen LogP contribution in [0.1, 0.15) is 42.5 Å². The van der Waals surface area contributed by atoms with Crippen molar-refractivity contribution in [2.24, 2.45) is 0 Å². The molecule has 0 fully saturated rings. The molecule has 1 aliphatic carbocycles. The van der Waals surface area contributed by atoms with E-state index in [0.29, 0.717) is 17.0 Å². The lowest BCUT2D eigenvalue weighted by Crippen LogP contribution is -2.13. The van der Waals surface area contributed by atoms with Crippen molar-refractivity contribution in [2.45, 2.75) is 32.1 Å². The molecule has 0 atom stereocenters. The number of carbonyl (C=O) groups is 1. The van der Waals surface area contributed by atoms with Crippen molar-refractivity contribution < 1.29 is 9.53 Å². The van der Waals surface area contributed by atoms with Gasteiger partial charge in [-0.15, -0.1) is 0 Å². The van der Waals surface area contributed by atoms with Crippen molar-refractivity contribution >= 4 is 17.4 Å². The number of allylic oxidation sites excluding steroid dienone is 1. The SMILES string of the molecule is COc1cccc(NC(=O)c2ccnc(NCCC3=CCCCC3)c2)c1. The highest BCUT2D eigenvalue weighted by Crippen LogP contribution is 2.20. The number of carbonyl (C=O) groups excluding carboxylic acids is 1. The first-order chi connectivity index (χ1) is 12.7. The van der Waals surface area contributed by atoms with E-state index in [1.165, 1.54) is 31.3 Å². The molecule has 1 aliphatic rings. The van der Waals surface area contributed by atoms with Gasteiger partial charge in [-0.05, 0) is 56.4 Å². The lowest BCUT2D eigenvalue weighted by atomic mass is 9.97. The van der Waals surface area contributed by atoms with E-state index in [0.717, 1.165) is 18.8 Å². The van der Waals surface area contributed by atoms with Crippen molar-refractivity contribution in [1.82, 2.24) is 4.98 Å². The molecule has 0 radical (unpaired) electrons. The minimum Gasteiger partial charge on any atom is -0.497 e. The van der Waals surface area contributed by atoms with Gasteiger partial charge in [-0.3, -0.25) is 4.79 Å². The van der Waals surface area contributed by atoms with E-state index in [9.17, 15) is 4.79 Å². The minimum absolute atomic E-state index is 0.168. The van der Waals surface area contributed by atoms with Crippen molar-refractivity contribution in [3.8, 4) is 5.75 Å². The van der Waals surface area contributed by atoms with Crippen molar-refractivity contribution in [2.75, 3.05) is 24.3 Å². The number of rotatable bonds is 7. The lowest BCUT2D eigenvalue weighted by Gasteiger charge is -2.13. The third-order valence-electron chi connectivity index (χ3n) is 4.49. The Labute approximate surface area is 154 Å². The van der Waals surface area contributed by atoms with Crippen molar-refractivity contribution in [3.05, 3.63) is 59.8 Å². The van der Waals surface area contributed by atoms with Gasteiger partial charge in [0.15, 0.2) is 0 Å². The number of ether oxygens (including phenoxy) is 1. The first-order valence-corrected chi connectivity index (χ1v) is 9.08. The number of pyridine rings is 1. The number of benzene rings is 1. The zero-order valence-electron chi connectivity index (χ0n) is 15.1. The Kier molecular flexibility index (Phi) is 6.25.